The molecule has 0 aliphatic carbocycles. The Labute approximate surface area is 190 Å². The highest BCUT2D eigenvalue weighted by atomic mass is 35.5. The van der Waals surface area contributed by atoms with Gasteiger partial charge in [0.05, 0.1) is 37.2 Å². The predicted octanol–water partition coefficient (Wildman–Crippen LogP) is 4.08. The number of esters is 1. The molecule has 4 rings (SSSR count). The monoisotopic (exact) mass is 456 g/mol. The number of nitrogens with zero attached hydrogens (tertiary/aromatic N) is 2. The second kappa shape index (κ2) is 9.58. The molecule has 1 amide bonds. The van der Waals surface area contributed by atoms with E-state index in [1.54, 1.807) is 10.8 Å². The lowest BCUT2D eigenvalue weighted by Gasteiger charge is -2.11. The van der Waals surface area contributed by atoms with Gasteiger partial charge < -0.3 is 24.7 Å². The standard InChI is InChI=1S/C23H25ClN4O4/c1-3-28-20(23(30)31-2)19(27-22(29)15-8-9-32-13-15)18-10-17(12-26-21(18)28)25-11-14-4-6-16(24)7-5-14/h4-7,10,12,15,25H,3,8-9,11,13H2,1-2H3,(H,27,29). The molecule has 1 fully saturated rings. The van der Waals surface area contributed by atoms with Crippen LogP contribution < -0.4 is 10.6 Å². The number of carbonyl (C=O) groups excluding carboxylic acids is 2. The molecular weight excluding hydrogens is 432 g/mol. The first-order chi connectivity index (χ1) is 15.5. The molecule has 1 atom stereocenters. The zero-order chi connectivity index (χ0) is 22.7. The molecule has 0 radical (unpaired) electrons. The third-order valence-electron chi connectivity index (χ3n) is 5.55. The second-order valence-electron chi connectivity index (χ2n) is 7.58. The third-order valence-corrected chi connectivity index (χ3v) is 5.80. The van der Waals surface area contributed by atoms with E-state index < -0.39 is 5.97 Å². The van der Waals surface area contributed by atoms with Gasteiger partial charge in [-0.15, -0.1) is 0 Å². The number of halogens is 1. The number of ether oxygens (including phenoxy) is 2. The molecular formula is C23H25ClN4O4. The summed E-state index contributed by atoms with van der Waals surface area (Å²) < 4.78 is 12.1. The van der Waals surface area contributed by atoms with Gasteiger partial charge in [0.15, 0.2) is 5.69 Å². The van der Waals surface area contributed by atoms with E-state index in [0.29, 0.717) is 54.5 Å². The number of fused-ring (bicyclic) bond motifs is 1. The van der Waals surface area contributed by atoms with Crippen molar-refractivity contribution in [3.63, 3.8) is 0 Å². The average Bonchev–Trinajstić information content (AvgIpc) is 3.45. The molecule has 3 aromatic rings. The van der Waals surface area contributed by atoms with Gasteiger partial charge >= 0.3 is 5.97 Å². The van der Waals surface area contributed by atoms with Gasteiger partial charge in [-0.1, -0.05) is 23.7 Å². The van der Waals surface area contributed by atoms with E-state index in [1.807, 2.05) is 37.3 Å². The SMILES string of the molecule is CCn1c(C(=O)OC)c(NC(=O)C2CCOC2)c2cc(NCc3ccc(Cl)cc3)cnc21. The van der Waals surface area contributed by atoms with E-state index in [1.165, 1.54) is 7.11 Å². The summed E-state index contributed by atoms with van der Waals surface area (Å²) in [4.78, 5) is 30.1. The van der Waals surface area contributed by atoms with Crippen molar-refractivity contribution in [3.05, 3.63) is 52.8 Å². The van der Waals surface area contributed by atoms with Crippen molar-refractivity contribution in [2.75, 3.05) is 31.0 Å². The number of pyridine rings is 1. The van der Waals surface area contributed by atoms with E-state index in [4.69, 9.17) is 21.1 Å². The summed E-state index contributed by atoms with van der Waals surface area (Å²) in [5, 5.41) is 7.63. The number of aromatic nitrogens is 2. The van der Waals surface area contributed by atoms with Crippen LogP contribution in [0.2, 0.25) is 5.02 Å². The van der Waals surface area contributed by atoms with E-state index in [-0.39, 0.29) is 17.5 Å². The fourth-order valence-electron chi connectivity index (χ4n) is 3.84. The molecule has 168 valence electrons. The molecule has 1 aromatic carbocycles. The first-order valence-electron chi connectivity index (χ1n) is 10.5. The lowest BCUT2D eigenvalue weighted by molar-refractivity contribution is -0.119. The van der Waals surface area contributed by atoms with E-state index in [0.717, 1.165) is 11.3 Å². The lowest BCUT2D eigenvalue weighted by atomic mass is 10.1. The quantitative estimate of drug-likeness (QED) is 0.520. The number of aryl methyl sites for hydroxylation is 1. The molecule has 1 aliphatic rings. The molecule has 2 aromatic heterocycles. The highest BCUT2D eigenvalue weighted by Gasteiger charge is 2.29. The minimum Gasteiger partial charge on any atom is -0.464 e. The van der Waals surface area contributed by atoms with Crippen LogP contribution in [-0.2, 0) is 27.4 Å². The summed E-state index contributed by atoms with van der Waals surface area (Å²) in [7, 11) is 1.32. The van der Waals surface area contributed by atoms with Crippen LogP contribution in [0.4, 0.5) is 11.4 Å². The summed E-state index contributed by atoms with van der Waals surface area (Å²) in [6.07, 6.45) is 2.36. The maximum absolute atomic E-state index is 12.8. The van der Waals surface area contributed by atoms with Crippen LogP contribution in [0.3, 0.4) is 0 Å². The number of anilines is 2. The van der Waals surface area contributed by atoms with Crippen LogP contribution in [0, 0.1) is 5.92 Å². The van der Waals surface area contributed by atoms with Gasteiger partial charge in [0.2, 0.25) is 5.91 Å². The van der Waals surface area contributed by atoms with E-state index in [9.17, 15) is 9.59 Å². The van der Waals surface area contributed by atoms with Crippen molar-refractivity contribution in [2.45, 2.75) is 26.4 Å². The Hall–Kier alpha value is -3.10. The molecule has 0 spiro atoms. The number of methoxy groups -OCH3 is 1. The normalized spacial score (nSPS) is 15.7. The summed E-state index contributed by atoms with van der Waals surface area (Å²) >= 11 is 5.96. The first-order valence-corrected chi connectivity index (χ1v) is 10.9. The van der Waals surface area contributed by atoms with Crippen molar-refractivity contribution >= 4 is 45.9 Å². The van der Waals surface area contributed by atoms with Gasteiger partial charge in [-0.2, -0.15) is 0 Å². The van der Waals surface area contributed by atoms with Crippen LogP contribution >= 0.6 is 11.6 Å². The van der Waals surface area contributed by atoms with E-state index in [2.05, 4.69) is 15.6 Å². The maximum atomic E-state index is 12.8. The van der Waals surface area contributed by atoms with Crippen molar-refractivity contribution in [3.8, 4) is 0 Å². The number of benzene rings is 1. The van der Waals surface area contributed by atoms with Gasteiger partial charge in [0.1, 0.15) is 5.65 Å². The molecule has 1 unspecified atom stereocenters. The van der Waals surface area contributed by atoms with Gasteiger partial charge in [-0.05, 0) is 37.1 Å². The van der Waals surface area contributed by atoms with Crippen molar-refractivity contribution in [1.82, 2.24) is 9.55 Å². The molecule has 1 aliphatic heterocycles. The van der Waals surface area contributed by atoms with Crippen LogP contribution in [-0.4, -0.2) is 41.8 Å². The molecule has 2 N–H and O–H groups in total. The van der Waals surface area contributed by atoms with Gasteiger partial charge in [0, 0.05) is 30.1 Å². The first kappa shape index (κ1) is 22.1. The number of amides is 1. The van der Waals surface area contributed by atoms with Gasteiger partial charge in [-0.3, -0.25) is 4.79 Å². The van der Waals surface area contributed by atoms with Crippen LogP contribution in [0.1, 0.15) is 29.4 Å². The maximum Gasteiger partial charge on any atom is 0.356 e. The number of nitrogens with one attached hydrogen (secondary N) is 2. The Morgan fingerprint density at radius 3 is 2.75 bits per heavy atom. The molecule has 9 heteroatoms. The Balaban J connectivity index is 1.70. The summed E-state index contributed by atoms with van der Waals surface area (Å²) in [5.41, 5.74) is 3.11. The predicted molar refractivity (Wildman–Crippen MR) is 123 cm³/mol. The van der Waals surface area contributed by atoms with Crippen LogP contribution in [0.15, 0.2) is 36.5 Å². The summed E-state index contributed by atoms with van der Waals surface area (Å²) in [5.74, 6) is -0.958. The highest BCUT2D eigenvalue weighted by Crippen LogP contribution is 2.33. The zero-order valence-electron chi connectivity index (χ0n) is 18.0. The molecule has 8 nitrogen and oxygen atoms in total. The molecule has 3 heterocycles. The van der Waals surface area contributed by atoms with Crippen molar-refractivity contribution in [2.24, 2.45) is 5.92 Å². The Morgan fingerprint density at radius 1 is 1.31 bits per heavy atom. The van der Waals surface area contributed by atoms with Crippen molar-refractivity contribution < 1.29 is 19.1 Å². The number of hydrogen-bond donors (Lipinski definition) is 2. The molecule has 0 bridgehead atoms. The van der Waals surface area contributed by atoms with Crippen LogP contribution in [0.25, 0.3) is 11.0 Å². The van der Waals surface area contributed by atoms with Gasteiger partial charge in [-0.25, -0.2) is 9.78 Å². The minimum atomic E-state index is -0.529. The number of carbonyl (C=O) groups is 2. The second-order valence-corrected chi connectivity index (χ2v) is 8.02. The topological polar surface area (TPSA) is 94.5 Å². The molecule has 0 saturated carbocycles. The minimum absolute atomic E-state index is 0.178. The lowest BCUT2D eigenvalue weighted by Crippen LogP contribution is -2.24. The van der Waals surface area contributed by atoms with Crippen molar-refractivity contribution in [1.29, 1.82) is 0 Å². The van der Waals surface area contributed by atoms with Crippen LogP contribution in [0.5, 0.6) is 0 Å². The summed E-state index contributed by atoms with van der Waals surface area (Å²) in [6.45, 7) is 3.91. The third kappa shape index (κ3) is 4.42. The average molecular weight is 457 g/mol. The smallest absolute Gasteiger partial charge is 0.356 e. The Morgan fingerprint density at radius 2 is 2.09 bits per heavy atom. The summed E-state index contributed by atoms with van der Waals surface area (Å²) in [6, 6.07) is 9.45. The fourth-order valence-corrected chi connectivity index (χ4v) is 3.96. The number of hydrogen-bond acceptors (Lipinski definition) is 6. The molecule has 1 saturated heterocycles. The number of rotatable bonds is 7. The highest BCUT2D eigenvalue weighted by molar-refractivity contribution is 6.30. The van der Waals surface area contributed by atoms with Gasteiger partial charge in [0.25, 0.3) is 0 Å². The molecule has 32 heavy (non-hydrogen) atoms. The zero-order valence-corrected chi connectivity index (χ0v) is 18.7. The Bertz CT molecular complexity index is 1140. The Kier molecular flexibility index (Phi) is 6.62. The largest absolute Gasteiger partial charge is 0.464 e. The van der Waals surface area contributed by atoms with E-state index >= 15 is 0 Å². The fraction of sp³-hybridized carbons (Fsp3) is 0.348.